The van der Waals surface area contributed by atoms with Crippen molar-refractivity contribution in [1.29, 1.82) is 0 Å². The van der Waals surface area contributed by atoms with Gasteiger partial charge < -0.3 is 14.8 Å². The fourth-order valence-electron chi connectivity index (χ4n) is 3.80. The fourth-order valence-corrected chi connectivity index (χ4v) is 3.80. The Morgan fingerprint density at radius 3 is 2.63 bits per heavy atom. The molecule has 112 valence electrons. The molecule has 3 nitrogen and oxygen atoms in total. The minimum atomic E-state index is 0.479. The van der Waals surface area contributed by atoms with Gasteiger partial charge in [-0.1, -0.05) is 19.3 Å². The van der Waals surface area contributed by atoms with Gasteiger partial charge in [0.25, 0.3) is 0 Å². The zero-order chi connectivity index (χ0) is 13.6. The van der Waals surface area contributed by atoms with E-state index in [0.717, 1.165) is 19.7 Å². The first kappa shape index (κ1) is 15.3. The lowest BCUT2D eigenvalue weighted by atomic mass is 9.70. The van der Waals surface area contributed by atoms with Gasteiger partial charge in [0.05, 0.1) is 18.8 Å². The van der Waals surface area contributed by atoms with Gasteiger partial charge in [-0.3, -0.25) is 0 Å². The molecule has 2 atom stereocenters. The highest BCUT2D eigenvalue weighted by molar-refractivity contribution is 4.89. The minimum Gasteiger partial charge on any atom is -0.383 e. The first-order valence-electron chi connectivity index (χ1n) is 8.09. The van der Waals surface area contributed by atoms with Crippen molar-refractivity contribution in [3.63, 3.8) is 0 Å². The molecule has 1 saturated carbocycles. The lowest BCUT2D eigenvalue weighted by molar-refractivity contribution is 0.0103. The van der Waals surface area contributed by atoms with Crippen LogP contribution in [0.4, 0.5) is 0 Å². The zero-order valence-electron chi connectivity index (χ0n) is 12.7. The molecule has 3 heteroatoms. The molecule has 0 aromatic rings. The number of hydrogen-bond acceptors (Lipinski definition) is 3. The molecule has 0 amide bonds. The molecule has 1 N–H and O–H groups in total. The van der Waals surface area contributed by atoms with Crippen LogP contribution in [0, 0.1) is 5.41 Å². The van der Waals surface area contributed by atoms with E-state index in [1.807, 2.05) is 0 Å². The van der Waals surface area contributed by atoms with Gasteiger partial charge in [-0.05, 0) is 44.4 Å². The Balaban J connectivity index is 1.82. The lowest BCUT2D eigenvalue weighted by Crippen LogP contribution is -2.39. The molecule has 0 bridgehead atoms. The van der Waals surface area contributed by atoms with Crippen molar-refractivity contribution in [1.82, 2.24) is 5.32 Å². The molecule has 2 rings (SSSR count). The number of hydrogen-bond donors (Lipinski definition) is 1. The molecule has 2 unspecified atom stereocenters. The molecular formula is C16H31NO2. The Morgan fingerprint density at radius 2 is 2.00 bits per heavy atom. The third-order valence-electron chi connectivity index (χ3n) is 4.88. The van der Waals surface area contributed by atoms with Crippen molar-refractivity contribution in [2.45, 2.75) is 70.5 Å². The second-order valence-electron chi connectivity index (χ2n) is 6.58. The summed E-state index contributed by atoms with van der Waals surface area (Å²) in [6.07, 6.45) is 11.7. The summed E-state index contributed by atoms with van der Waals surface area (Å²) in [6, 6.07) is 0. The molecule has 0 aromatic heterocycles. The van der Waals surface area contributed by atoms with E-state index < -0.39 is 0 Å². The fraction of sp³-hybridized carbons (Fsp3) is 1.00. The second-order valence-corrected chi connectivity index (χ2v) is 6.58. The van der Waals surface area contributed by atoms with Crippen molar-refractivity contribution in [2.75, 3.05) is 26.8 Å². The summed E-state index contributed by atoms with van der Waals surface area (Å²) >= 11 is 0. The SMILES string of the molecule is COCCNCC1(CC2CCC(C)O2)CCCCC1. The van der Waals surface area contributed by atoms with Crippen molar-refractivity contribution in [3.05, 3.63) is 0 Å². The van der Waals surface area contributed by atoms with Crippen LogP contribution in [0.3, 0.4) is 0 Å². The largest absolute Gasteiger partial charge is 0.383 e. The molecule has 2 fully saturated rings. The van der Waals surface area contributed by atoms with E-state index in [-0.39, 0.29) is 0 Å². The van der Waals surface area contributed by atoms with E-state index >= 15 is 0 Å². The Kier molecular flexibility index (Phi) is 6.11. The molecule has 19 heavy (non-hydrogen) atoms. The monoisotopic (exact) mass is 269 g/mol. The molecular weight excluding hydrogens is 238 g/mol. The van der Waals surface area contributed by atoms with Crippen molar-refractivity contribution in [3.8, 4) is 0 Å². The summed E-state index contributed by atoms with van der Waals surface area (Å²) in [7, 11) is 1.77. The van der Waals surface area contributed by atoms with E-state index in [4.69, 9.17) is 9.47 Å². The van der Waals surface area contributed by atoms with E-state index in [1.165, 1.54) is 51.4 Å². The van der Waals surface area contributed by atoms with Crippen molar-refractivity contribution in [2.24, 2.45) is 5.41 Å². The first-order chi connectivity index (χ1) is 9.24. The summed E-state index contributed by atoms with van der Waals surface area (Å²) in [5, 5.41) is 3.60. The summed E-state index contributed by atoms with van der Waals surface area (Å²) < 4.78 is 11.2. The van der Waals surface area contributed by atoms with Crippen LogP contribution < -0.4 is 5.32 Å². The number of ether oxygens (including phenoxy) is 2. The van der Waals surface area contributed by atoms with Crippen LogP contribution in [-0.4, -0.2) is 39.0 Å². The van der Waals surface area contributed by atoms with E-state index in [1.54, 1.807) is 7.11 Å². The summed E-state index contributed by atoms with van der Waals surface area (Å²) in [4.78, 5) is 0. The van der Waals surface area contributed by atoms with Crippen molar-refractivity contribution >= 4 is 0 Å². The maximum absolute atomic E-state index is 6.06. The Hall–Kier alpha value is -0.120. The number of methoxy groups -OCH3 is 1. The van der Waals surface area contributed by atoms with E-state index in [9.17, 15) is 0 Å². The molecule has 1 saturated heterocycles. The summed E-state index contributed by atoms with van der Waals surface area (Å²) in [6.45, 7) is 5.14. The van der Waals surface area contributed by atoms with Gasteiger partial charge in [-0.2, -0.15) is 0 Å². The molecule has 2 aliphatic rings. The van der Waals surface area contributed by atoms with Crippen molar-refractivity contribution < 1.29 is 9.47 Å². The zero-order valence-corrected chi connectivity index (χ0v) is 12.7. The van der Waals surface area contributed by atoms with Gasteiger partial charge in [-0.15, -0.1) is 0 Å². The molecule has 0 aromatic carbocycles. The second kappa shape index (κ2) is 7.61. The Bertz CT molecular complexity index is 251. The standard InChI is InChI=1S/C16H31NO2/c1-14-6-7-15(19-14)12-16(8-4-3-5-9-16)13-17-10-11-18-2/h14-15,17H,3-13H2,1-2H3. The van der Waals surface area contributed by atoms with Crippen LogP contribution in [0.1, 0.15) is 58.3 Å². The number of nitrogens with one attached hydrogen (secondary N) is 1. The highest BCUT2D eigenvalue weighted by Gasteiger charge is 2.36. The van der Waals surface area contributed by atoms with Gasteiger partial charge in [0.15, 0.2) is 0 Å². The maximum atomic E-state index is 6.06. The van der Waals surface area contributed by atoms with Crippen LogP contribution in [0.5, 0.6) is 0 Å². The lowest BCUT2D eigenvalue weighted by Gasteiger charge is -2.39. The van der Waals surface area contributed by atoms with E-state index in [0.29, 0.717) is 17.6 Å². The predicted octanol–water partition coefficient (Wildman–Crippen LogP) is 3.13. The average molecular weight is 269 g/mol. The average Bonchev–Trinajstić information content (AvgIpc) is 2.81. The third kappa shape index (κ3) is 4.73. The summed E-state index contributed by atoms with van der Waals surface area (Å²) in [5.74, 6) is 0. The van der Waals surface area contributed by atoms with Gasteiger partial charge in [-0.25, -0.2) is 0 Å². The maximum Gasteiger partial charge on any atom is 0.0587 e. The minimum absolute atomic E-state index is 0.479. The van der Waals surface area contributed by atoms with E-state index in [2.05, 4.69) is 12.2 Å². The van der Waals surface area contributed by atoms with Crippen LogP contribution in [-0.2, 0) is 9.47 Å². The molecule has 0 spiro atoms. The van der Waals surface area contributed by atoms with Gasteiger partial charge in [0.2, 0.25) is 0 Å². The van der Waals surface area contributed by atoms with Crippen LogP contribution in [0.2, 0.25) is 0 Å². The normalized spacial score (nSPS) is 30.6. The molecule has 1 heterocycles. The van der Waals surface area contributed by atoms with Gasteiger partial charge in [0, 0.05) is 20.2 Å². The third-order valence-corrected chi connectivity index (χ3v) is 4.88. The van der Waals surface area contributed by atoms with Crippen LogP contribution >= 0.6 is 0 Å². The predicted molar refractivity (Wildman–Crippen MR) is 78.4 cm³/mol. The molecule has 0 radical (unpaired) electrons. The highest BCUT2D eigenvalue weighted by Crippen LogP contribution is 2.42. The van der Waals surface area contributed by atoms with Crippen LogP contribution in [0.15, 0.2) is 0 Å². The van der Waals surface area contributed by atoms with Gasteiger partial charge >= 0.3 is 0 Å². The Labute approximate surface area is 118 Å². The van der Waals surface area contributed by atoms with Crippen LogP contribution in [0.25, 0.3) is 0 Å². The number of rotatable bonds is 7. The molecule has 1 aliphatic heterocycles. The van der Waals surface area contributed by atoms with Gasteiger partial charge in [0.1, 0.15) is 0 Å². The summed E-state index contributed by atoms with van der Waals surface area (Å²) in [5.41, 5.74) is 0.487. The topological polar surface area (TPSA) is 30.5 Å². The smallest absolute Gasteiger partial charge is 0.0587 e. The molecule has 1 aliphatic carbocycles. The Morgan fingerprint density at radius 1 is 1.21 bits per heavy atom. The quantitative estimate of drug-likeness (QED) is 0.720. The first-order valence-corrected chi connectivity index (χ1v) is 8.09. The highest BCUT2D eigenvalue weighted by atomic mass is 16.5.